The number of hydrogen-bond acceptors (Lipinski definition) is 1. The molecule has 0 aliphatic carbocycles. The van der Waals surface area contributed by atoms with E-state index in [0.29, 0.717) is 0 Å². The van der Waals surface area contributed by atoms with Crippen molar-refractivity contribution in [3.63, 3.8) is 0 Å². The first-order chi connectivity index (χ1) is 14.8. The molecule has 0 amide bonds. The van der Waals surface area contributed by atoms with E-state index in [1.54, 1.807) is 7.11 Å². The Hall–Kier alpha value is -4.20. The molecule has 0 heterocycles. The van der Waals surface area contributed by atoms with Gasteiger partial charge in [-0.2, -0.15) is 0 Å². The van der Waals surface area contributed by atoms with Gasteiger partial charge in [0.05, 0.1) is 7.11 Å². The predicted molar refractivity (Wildman–Crippen MR) is 123 cm³/mol. The molecule has 4 rings (SSSR count). The summed E-state index contributed by atoms with van der Waals surface area (Å²) >= 11 is 0. The van der Waals surface area contributed by atoms with E-state index < -0.39 is 0 Å². The summed E-state index contributed by atoms with van der Waals surface area (Å²) < 4.78 is 5.28. The lowest BCUT2D eigenvalue weighted by Crippen LogP contribution is -1.86. The normalized spacial score (nSPS) is 9.63. The second-order valence-electron chi connectivity index (χ2n) is 6.69. The minimum Gasteiger partial charge on any atom is -0.497 e. The highest BCUT2D eigenvalue weighted by molar-refractivity contribution is 5.71. The summed E-state index contributed by atoms with van der Waals surface area (Å²) in [4.78, 5) is 0. The molecule has 0 saturated carbocycles. The lowest BCUT2D eigenvalue weighted by atomic mass is 9.99. The van der Waals surface area contributed by atoms with Crippen molar-refractivity contribution in [1.29, 1.82) is 0 Å². The van der Waals surface area contributed by atoms with E-state index in [9.17, 15) is 0 Å². The Morgan fingerprint density at radius 2 is 1.13 bits per heavy atom. The molecular formula is C29H20O. The van der Waals surface area contributed by atoms with Gasteiger partial charge in [-0.1, -0.05) is 90.4 Å². The molecule has 1 nitrogen and oxygen atoms in total. The molecule has 30 heavy (non-hydrogen) atoms. The van der Waals surface area contributed by atoms with Crippen molar-refractivity contribution in [2.75, 3.05) is 7.11 Å². The number of hydrogen-bond donors (Lipinski definition) is 0. The molecule has 0 aliphatic rings. The van der Waals surface area contributed by atoms with Gasteiger partial charge in [0.1, 0.15) is 5.75 Å². The smallest absolute Gasteiger partial charge is 0.120 e. The number of methoxy groups -OCH3 is 1. The van der Waals surface area contributed by atoms with Crippen LogP contribution in [0.1, 0.15) is 22.3 Å². The van der Waals surface area contributed by atoms with Crippen LogP contribution in [-0.4, -0.2) is 7.11 Å². The molecule has 0 bridgehead atoms. The van der Waals surface area contributed by atoms with Crippen LogP contribution in [-0.2, 0) is 0 Å². The van der Waals surface area contributed by atoms with Crippen LogP contribution in [0.4, 0.5) is 0 Å². The van der Waals surface area contributed by atoms with Crippen molar-refractivity contribution in [3.8, 4) is 40.6 Å². The molecule has 0 N–H and O–H groups in total. The average molecular weight is 384 g/mol. The Balaban J connectivity index is 1.68. The molecule has 0 fully saturated rings. The van der Waals surface area contributed by atoms with Gasteiger partial charge in [-0.15, -0.1) is 0 Å². The fourth-order valence-corrected chi connectivity index (χ4v) is 3.14. The summed E-state index contributed by atoms with van der Waals surface area (Å²) in [6.07, 6.45) is 0. The molecule has 0 aliphatic heterocycles. The molecule has 0 radical (unpaired) electrons. The van der Waals surface area contributed by atoms with Crippen LogP contribution < -0.4 is 4.74 Å². The summed E-state index contributed by atoms with van der Waals surface area (Å²) in [6.45, 7) is 0. The molecule has 0 spiro atoms. The van der Waals surface area contributed by atoms with E-state index in [1.165, 1.54) is 0 Å². The van der Waals surface area contributed by atoms with Gasteiger partial charge in [0.15, 0.2) is 0 Å². The van der Waals surface area contributed by atoms with Crippen LogP contribution >= 0.6 is 0 Å². The standard InChI is InChI=1S/C29H20O/c1-30-28-16-9-10-23(22-28)18-19-24-11-5-6-12-25(24)20-21-27-15-7-8-17-29(27)26-13-3-2-4-14-26/h2-17,22H,1H3. The summed E-state index contributed by atoms with van der Waals surface area (Å²) in [6, 6.07) is 34.3. The van der Waals surface area contributed by atoms with E-state index in [0.717, 1.165) is 39.1 Å². The molecule has 1 heteroatoms. The number of rotatable bonds is 2. The van der Waals surface area contributed by atoms with Crippen molar-refractivity contribution >= 4 is 0 Å². The average Bonchev–Trinajstić information content (AvgIpc) is 2.83. The Labute approximate surface area is 178 Å². The minimum atomic E-state index is 0.799. The summed E-state index contributed by atoms with van der Waals surface area (Å²) in [5.41, 5.74) is 6.02. The third-order valence-corrected chi connectivity index (χ3v) is 4.68. The molecule has 4 aromatic rings. The van der Waals surface area contributed by atoms with Crippen LogP contribution in [0.25, 0.3) is 11.1 Å². The first kappa shape index (κ1) is 19.1. The highest BCUT2D eigenvalue weighted by Gasteiger charge is 2.02. The van der Waals surface area contributed by atoms with Crippen molar-refractivity contribution in [3.05, 3.63) is 125 Å². The molecular weight excluding hydrogens is 364 g/mol. The van der Waals surface area contributed by atoms with Crippen molar-refractivity contribution in [2.24, 2.45) is 0 Å². The summed E-state index contributed by atoms with van der Waals surface area (Å²) in [5.74, 6) is 13.9. The van der Waals surface area contributed by atoms with Gasteiger partial charge in [0.2, 0.25) is 0 Å². The quantitative estimate of drug-likeness (QED) is 0.376. The van der Waals surface area contributed by atoms with E-state index in [1.807, 2.05) is 78.9 Å². The zero-order valence-electron chi connectivity index (χ0n) is 16.7. The summed E-state index contributed by atoms with van der Waals surface area (Å²) in [7, 11) is 1.66. The number of benzene rings is 4. The third-order valence-electron chi connectivity index (χ3n) is 4.68. The fourth-order valence-electron chi connectivity index (χ4n) is 3.14. The highest BCUT2D eigenvalue weighted by atomic mass is 16.5. The fraction of sp³-hybridized carbons (Fsp3) is 0.0345. The van der Waals surface area contributed by atoms with Gasteiger partial charge in [-0.3, -0.25) is 0 Å². The van der Waals surface area contributed by atoms with Crippen LogP contribution in [0.15, 0.2) is 103 Å². The molecule has 4 aromatic carbocycles. The van der Waals surface area contributed by atoms with Crippen LogP contribution in [0, 0.1) is 23.7 Å². The van der Waals surface area contributed by atoms with Gasteiger partial charge in [-0.05, 0) is 47.5 Å². The Morgan fingerprint density at radius 3 is 1.87 bits per heavy atom. The van der Waals surface area contributed by atoms with Gasteiger partial charge in [0.25, 0.3) is 0 Å². The van der Waals surface area contributed by atoms with Gasteiger partial charge < -0.3 is 4.74 Å². The first-order valence-electron chi connectivity index (χ1n) is 9.75. The lowest BCUT2D eigenvalue weighted by molar-refractivity contribution is 0.414. The van der Waals surface area contributed by atoms with E-state index in [2.05, 4.69) is 47.9 Å². The largest absolute Gasteiger partial charge is 0.497 e. The van der Waals surface area contributed by atoms with E-state index in [-0.39, 0.29) is 0 Å². The highest BCUT2D eigenvalue weighted by Crippen LogP contribution is 2.22. The van der Waals surface area contributed by atoms with Gasteiger partial charge >= 0.3 is 0 Å². The second-order valence-corrected chi connectivity index (χ2v) is 6.69. The van der Waals surface area contributed by atoms with Gasteiger partial charge in [0, 0.05) is 22.3 Å². The SMILES string of the molecule is COc1cccc(C#Cc2ccccc2C#Cc2ccccc2-c2ccccc2)c1. The maximum atomic E-state index is 5.28. The topological polar surface area (TPSA) is 9.23 Å². The molecule has 0 atom stereocenters. The first-order valence-corrected chi connectivity index (χ1v) is 9.75. The predicted octanol–water partition coefficient (Wildman–Crippen LogP) is 6.16. The second kappa shape index (κ2) is 9.33. The molecule has 0 unspecified atom stereocenters. The lowest BCUT2D eigenvalue weighted by Gasteiger charge is -2.04. The molecule has 0 aromatic heterocycles. The minimum absolute atomic E-state index is 0.799. The maximum absolute atomic E-state index is 5.28. The van der Waals surface area contributed by atoms with Crippen LogP contribution in [0.2, 0.25) is 0 Å². The maximum Gasteiger partial charge on any atom is 0.120 e. The van der Waals surface area contributed by atoms with Crippen LogP contribution in [0.5, 0.6) is 5.75 Å². The number of ether oxygens (including phenoxy) is 1. The van der Waals surface area contributed by atoms with Crippen molar-refractivity contribution in [2.45, 2.75) is 0 Å². The Morgan fingerprint density at radius 1 is 0.533 bits per heavy atom. The third kappa shape index (κ3) is 4.61. The monoisotopic (exact) mass is 384 g/mol. The van der Waals surface area contributed by atoms with E-state index in [4.69, 9.17) is 4.74 Å². The zero-order chi connectivity index (χ0) is 20.6. The summed E-state index contributed by atoms with van der Waals surface area (Å²) in [5, 5.41) is 0. The Bertz CT molecular complexity index is 1280. The van der Waals surface area contributed by atoms with Crippen molar-refractivity contribution < 1.29 is 4.74 Å². The zero-order valence-corrected chi connectivity index (χ0v) is 16.7. The Kier molecular flexibility index (Phi) is 5.95. The van der Waals surface area contributed by atoms with E-state index >= 15 is 0 Å². The molecule has 142 valence electrons. The van der Waals surface area contributed by atoms with Gasteiger partial charge in [-0.25, -0.2) is 0 Å². The molecule has 0 saturated heterocycles. The van der Waals surface area contributed by atoms with Crippen molar-refractivity contribution in [1.82, 2.24) is 0 Å². The van der Waals surface area contributed by atoms with Crippen LogP contribution in [0.3, 0.4) is 0 Å².